The number of hydrogen-bond donors (Lipinski definition) is 4. The van der Waals surface area contributed by atoms with Gasteiger partial charge < -0.3 is 37.5 Å². The molecule has 0 aromatic carbocycles. The molecule has 2 unspecified atom stereocenters. The number of ether oxygens (including phenoxy) is 1. The minimum Gasteiger partial charge on any atom is -0.375 e. The summed E-state index contributed by atoms with van der Waals surface area (Å²) in [5.74, 6) is -0.463. The van der Waals surface area contributed by atoms with Crippen molar-refractivity contribution in [2.24, 2.45) is 22.9 Å². The average molecular weight is 579 g/mol. The Morgan fingerprint density at radius 1 is 0.805 bits per heavy atom. The zero-order chi connectivity index (χ0) is 30.5. The van der Waals surface area contributed by atoms with Gasteiger partial charge in [-0.2, -0.15) is 0 Å². The Morgan fingerprint density at radius 2 is 1.32 bits per heavy atom. The van der Waals surface area contributed by atoms with E-state index in [1.165, 1.54) is 0 Å². The number of carbonyl (C=O) groups is 2. The van der Waals surface area contributed by atoms with Crippen LogP contribution in [-0.4, -0.2) is 116 Å². The lowest BCUT2D eigenvalue weighted by molar-refractivity contribution is -0.0541. The second-order valence-electron chi connectivity index (χ2n) is 10.7. The summed E-state index contributed by atoms with van der Waals surface area (Å²) in [5.41, 5.74) is 22.3. The molecule has 0 aliphatic carbocycles. The van der Waals surface area contributed by atoms with Gasteiger partial charge in [-0.15, -0.1) is 10.2 Å². The van der Waals surface area contributed by atoms with E-state index < -0.39 is 11.1 Å². The van der Waals surface area contributed by atoms with E-state index in [1.54, 1.807) is 31.6 Å². The van der Waals surface area contributed by atoms with Crippen LogP contribution in [0.4, 0.5) is 0 Å². The molecule has 0 aliphatic rings. The topological polar surface area (TPSA) is 215 Å². The van der Waals surface area contributed by atoms with Gasteiger partial charge in [0.05, 0.1) is 23.5 Å². The smallest absolute Gasteiger partial charge is 0.276 e. The molecule has 15 nitrogen and oxygen atoms in total. The standard InChI is InChI=1S/C26H50N12O3/c1-5-25(3,38-20-22(32-34-38)24(40)36(16-11-29)17-12-30)8-18-41-26(4,6-2)7-13-37-19-21(31-33-37)23(39)35(14-9-27)15-10-28/h19-20H,5-18,27-30H2,1-4H3. The molecule has 0 saturated heterocycles. The summed E-state index contributed by atoms with van der Waals surface area (Å²) in [6.07, 6.45) is 6.25. The molecule has 15 heteroatoms. The molecule has 232 valence electrons. The fourth-order valence-electron chi connectivity index (χ4n) is 4.38. The maximum absolute atomic E-state index is 12.9. The molecule has 0 aliphatic heterocycles. The summed E-state index contributed by atoms with van der Waals surface area (Å²) in [6, 6.07) is 0. The first-order chi connectivity index (χ1) is 19.6. The van der Waals surface area contributed by atoms with Gasteiger partial charge in [0, 0.05) is 65.5 Å². The number of nitrogens with zero attached hydrogens (tertiary/aromatic N) is 8. The van der Waals surface area contributed by atoms with E-state index in [0.717, 1.165) is 12.8 Å². The van der Waals surface area contributed by atoms with Crippen molar-refractivity contribution < 1.29 is 14.3 Å². The first-order valence-electron chi connectivity index (χ1n) is 14.5. The number of amides is 2. The molecule has 0 radical (unpaired) electrons. The molecule has 2 heterocycles. The van der Waals surface area contributed by atoms with Crippen molar-refractivity contribution in [3.63, 3.8) is 0 Å². The van der Waals surface area contributed by atoms with Crippen molar-refractivity contribution in [2.75, 3.05) is 59.0 Å². The Morgan fingerprint density at radius 3 is 1.80 bits per heavy atom. The number of hydrogen-bond acceptors (Lipinski definition) is 11. The van der Waals surface area contributed by atoms with Crippen LogP contribution in [0.2, 0.25) is 0 Å². The zero-order valence-corrected chi connectivity index (χ0v) is 25.2. The molecule has 8 N–H and O–H groups in total. The first-order valence-corrected chi connectivity index (χ1v) is 14.5. The Hall–Kier alpha value is -2.98. The van der Waals surface area contributed by atoms with E-state index >= 15 is 0 Å². The lowest BCUT2D eigenvalue weighted by atomic mass is 9.94. The quantitative estimate of drug-likeness (QED) is 0.155. The Kier molecular flexibility index (Phi) is 13.7. The summed E-state index contributed by atoms with van der Waals surface area (Å²) in [7, 11) is 0. The molecule has 2 aromatic rings. The lowest BCUT2D eigenvalue weighted by Gasteiger charge is -2.33. The van der Waals surface area contributed by atoms with E-state index in [1.807, 2.05) is 0 Å². The number of nitrogens with two attached hydrogens (primary N) is 4. The summed E-state index contributed by atoms with van der Waals surface area (Å²) < 4.78 is 9.82. The molecule has 0 spiro atoms. The second-order valence-corrected chi connectivity index (χ2v) is 10.7. The average Bonchev–Trinajstić information content (AvgIpc) is 3.66. The van der Waals surface area contributed by atoms with Gasteiger partial charge in [-0.25, -0.2) is 4.68 Å². The molecule has 2 atom stereocenters. The molecule has 2 amide bonds. The summed E-state index contributed by atoms with van der Waals surface area (Å²) >= 11 is 0. The lowest BCUT2D eigenvalue weighted by Crippen LogP contribution is -2.39. The van der Waals surface area contributed by atoms with Gasteiger partial charge in [0.15, 0.2) is 11.4 Å². The highest BCUT2D eigenvalue weighted by Gasteiger charge is 2.30. The van der Waals surface area contributed by atoms with E-state index in [9.17, 15) is 9.59 Å². The van der Waals surface area contributed by atoms with E-state index in [4.69, 9.17) is 27.7 Å². The van der Waals surface area contributed by atoms with E-state index in [-0.39, 0.29) is 23.2 Å². The van der Waals surface area contributed by atoms with Gasteiger partial charge in [0.1, 0.15) is 0 Å². The summed E-state index contributed by atoms with van der Waals surface area (Å²) in [6.45, 7) is 12.3. The van der Waals surface area contributed by atoms with Gasteiger partial charge in [0.2, 0.25) is 0 Å². The van der Waals surface area contributed by atoms with Gasteiger partial charge in [-0.1, -0.05) is 24.3 Å². The van der Waals surface area contributed by atoms with Crippen LogP contribution in [-0.2, 0) is 16.8 Å². The number of aryl methyl sites for hydroxylation is 1. The van der Waals surface area contributed by atoms with Crippen molar-refractivity contribution in [2.45, 2.75) is 71.1 Å². The molecule has 2 rings (SSSR count). The predicted octanol–water partition coefficient (Wildman–Crippen LogP) is -0.620. The van der Waals surface area contributed by atoms with Crippen LogP contribution in [0.3, 0.4) is 0 Å². The fraction of sp³-hybridized carbons (Fsp3) is 0.769. The third-order valence-corrected chi connectivity index (χ3v) is 7.66. The maximum Gasteiger partial charge on any atom is 0.276 e. The van der Waals surface area contributed by atoms with Crippen LogP contribution in [0, 0.1) is 0 Å². The number of rotatable bonds is 20. The predicted molar refractivity (Wildman–Crippen MR) is 156 cm³/mol. The monoisotopic (exact) mass is 578 g/mol. The maximum atomic E-state index is 12.9. The minimum absolute atomic E-state index is 0.232. The summed E-state index contributed by atoms with van der Waals surface area (Å²) in [5, 5.41) is 16.6. The van der Waals surface area contributed by atoms with Gasteiger partial charge in [-0.05, 0) is 39.5 Å². The van der Waals surface area contributed by atoms with Crippen LogP contribution in [0.1, 0.15) is 74.4 Å². The van der Waals surface area contributed by atoms with Crippen molar-refractivity contribution in [3.05, 3.63) is 23.8 Å². The van der Waals surface area contributed by atoms with Gasteiger partial charge in [-0.3, -0.25) is 14.3 Å². The molecule has 0 saturated carbocycles. The second kappa shape index (κ2) is 16.5. The van der Waals surface area contributed by atoms with Crippen LogP contribution in [0.15, 0.2) is 12.4 Å². The van der Waals surface area contributed by atoms with E-state index in [2.05, 4.69) is 48.3 Å². The first kappa shape index (κ1) is 34.2. The number of carbonyl (C=O) groups excluding carboxylic acids is 2. The van der Waals surface area contributed by atoms with Crippen LogP contribution < -0.4 is 22.9 Å². The Bertz CT molecular complexity index is 1060. The highest BCUT2D eigenvalue weighted by molar-refractivity contribution is 5.92. The van der Waals surface area contributed by atoms with Crippen molar-refractivity contribution in [1.82, 2.24) is 39.8 Å². The highest BCUT2D eigenvalue weighted by atomic mass is 16.5. The zero-order valence-electron chi connectivity index (χ0n) is 25.2. The molecular formula is C26H50N12O3. The van der Waals surface area contributed by atoms with Crippen molar-refractivity contribution in [1.29, 1.82) is 0 Å². The SMILES string of the molecule is CCC(C)(CCn1cc(C(=O)N(CCN)CCN)nn1)OCCC(C)(CC)n1cc(C(=O)N(CCN)CCN)nn1. The third-order valence-electron chi connectivity index (χ3n) is 7.66. The third kappa shape index (κ3) is 9.53. The van der Waals surface area contributed by atoms with E-state index in [0.29, 0.717) is 78.4 Å². The van der Waals surface area contributed by atoms with Crippen molar-refractivity contribution in [3.8, 4) is 0 Å². The molecule has 2 aromatic heterocycles. The molecule has 41 heavy (non-hydrogen) atoms. The van der Waals surface area contributed by atoms with Crippen LogP contribution >= 0.6 is 0 Å². The van der Waals surface area contributed by atoms with Gasteiger partial charge in [0.25, 0.3) is 11.8 Å². The molecule has 0 fully saturated rings. The van der Waals surface area contributed by atoms with Crippen LogP contribution in [0.5, 0.6) is 0 Å². The normalized spacial score (nSPS) is 14.4. The molecule has 0 bridgehead atoms. The minimum atomic E-state index is -0.412. The highest BCUT2D eigenvalue weighted by Crippen LogP contribution is 2.27. The Labute approximate surface area is 242 Å². The van der Waals surface area contributed by atoms with Crippen LogP contribution in [0.25, 0.3) is 0 Å². The van der Waals surface area contributed by atoms with Gasteiger partial charge >= 0.3 is 0 Å². The fourth-order valence-corrected chi connectivity index (χ4v) is 4.38. The Balaban J connectivity index is 1.99. The molecular weight excluding hydrogens is 528 g/mol. The largest absolute Gasteiger partial charge is 0.375 e. The number of aromatic nitrogens is 6. The van der Waals surface area contributed by atoms with Crippen molar-refractivity contribution >= 4 is 11.8 Å². The summed E-state index contributed by atoms with van der Waals surface area (Å²) in [4.78, 5) is 28.8.